The fraction of sp³-hybridized carbons (Fsp3) is 0.583. The Morgan fingerprint density at radius 2 is 2.06 bits per heavy atom. The monoisotopic (exact) mass is 233 g/mol. The molecule has 0 atom stereocenters. The first-order chi connectivity index (χ1) is 8.29. The molecule has 1 aromatic heterocycles. The summed E-state index contributed by atoms with van der Waals surface area (Å²) >= 11 is 0. The molecule has 5 heteroatoms. The first-order valence-electron chi connectivity index (χ1n) is 6.13. The summed E-state index contributed by atoms with van der Waals surface area (Å²) in [4.78, 5) is 13.1. The van der Waals surface area contributed by atoms with Gasteiger partial charge in [-0.1, -0.05) is 19.3 Å². The number of amidine groups is 1. The normalized spacial score (nSPS) is 18.1. The lowest BCUT2D eigenvalue weighted by Gasteiger charge is -2.18. The van der Waals surface area contributed by atoms with Crippen molar-refractivity contribution in [1.82, 2.24) is 15.4 Å². The Balaban J connectivity index is 2.14. The fourth-order valence-electron chi connectivity index (χ4n) is 2.08. The molecule has 0 unspecified atom stereocenters. The molecule has 0 radical (unpaired) electrons. The predicted molar refractivity (Wildman–Crippen MR) is 67.5 cm³/mol. The minimum absolute atomic E-state index is 0.373. The highest BCUT2D eigenvalue weighted by molar-refractivity contribution is 5.96. The van der Waals surface area contributed by atoms with E-state index in [4.69, 9.17) is 5.84 Å². The Morgan fingerprint density at radius 3 is 2.65 bits per heavy atom. The molecule has 0 bridgehead atoms. The highest BCUT2D eigenvalue weighted by Gasteiger charge is 2.14. The van der Waals surface area contributed by atoms with Crippen molar-refractivity contribution in [1.29, 1.82) is 0 Å². The molecule has 0 amide bonds. The molecular formula is C12H19N5. The Morgan fingerprint density at radius 1 is 1.29 bits per heavy atom. The van der Waals surface area contributed by atoms with E-state index in [2.05, 4.69) is 20.4 Å². The number of nitrogens with two attached hydrogens (primary N) is 1. The summed E-state index contributed by atoms with van der Waals surface area (Å²) in [5, 5.41) is 0. The topological polar surface area (TPSA) is 76.2 Å². The van der Waals surface area contributed by atoms with Crippen LogP contribution in [0.1, 0.15) is 43.5 Å². The van der Waals surface area contributed by atoms with Crippen LogP contribution in [-0.2, 0) is 0 Å². The van der Waals surface area contributed by atoms with Gasteiger partial charge in [-0.05, 0) is 19.8 Å². The van der Waals surface area contributed by atoms with Crippen molar-refractivity contribution in [3.05, 3.63) is 23.8 Å². The standard InChI is InChI=1S/C12H19N5/c1-9-7-15-11(8-14-9)12(17-13)16-10-5-3-2-4-6-10/h7-8,10H,2-6,13H2,1H3,(H,16,17). The third-order valence-electron chi connectivity index (χ3n) is 3.05. The van der Waals surface area contributed by atoms with E-state index in [0.29, 0.717) is 17.6 Å². The minimum Gasteiger partial charge on any atom is -0.307 e. The summed E-state index contributed by atoms with van der Waals surface area (Å²) in [7, 11) is 0. The summed E-state index contributed by atoms with van der Waals surface area (Å²) < 4.78 is 0. The van der Waals surface area contributed by atoms with Crippen LogP contribution in [0.25, 0.3) is 0 Å². The van der Waals surface area contributed by atoms with Gasteiger partial charge in [-0.2, -0.15) is 0 Å². The molecule has 1 aliphatic rings. The van der Waals surface area contributed by atoms with Gasteiger partial charge in [0.25, 0.3) is 0 Å². The van der Waals surface area contributed by atoms with Gasteiger partial charge < -0.3 is 5.43 Å². The predicted octanol–water partition coefficient (Wildman–Crippen LogP) is 1.33. The molecular weight excluding hydrogens is 214 g/mol. The number of aryl methyl sites for hydroxylation is 1. The number of nitrogens with zero attached hydrogens (tertiary/aromatic N) is 3. The highest BCUT2D eigenvalue weighted by atomic mass is 15.3. The van der Waals surface area contributed by atoms with Gasteiger partial charge in [-0.25, -0.2) is 10.8 Å². The molecule has 1 aromatic rings. The molecule has 17 heavy (non-hydrogen) atoms. The Kier molecular flexibility index (Phi) is 4.03. The maximum atomic E-state index is 5.51. The van der Waals surface area contributed by atoms with Gasteiger partial charge in [0, 0.05) is 6.20 Å². The molecule has 1 fully saturated rings. The van der Waals surface area contributed by atoms with Crippen molar-refractivity contribution in [2.24, 2.45) is 10.8 Å². The average Bonchev–Trinajstić information content (AvgIpc) is 2.38. The highest BCUT2D eigenvalue weighted by Crippen LogP contribution is 2.20. The van der Waals surface area contributed by atoms with Crippen molar-refractivity contribution in [3.8, 4) is 0 Å². The number of rotatable bonds is 2. The van der Waals surface area contributed by atoms with Crippen molar-refractivity contribution < 1.29 is 0 Å². The van der Waals surface area contributed by atoms with E-state index in [1.54, 1.807) is 12.4 Å². The molecule has 2 rings (SSSR count). The number of hydrogen-bond acceptors (Lipinski definition) is 4. The van der Waals surface area contributed by atoms with Gasteiger partial charge in [0.15, 0.2) is 5.84 Å². The SMILES string of the molecule is Cc1cnc(C(=NC2CCCCC2)NN)cn1. The van der Waals surface area contributed by atoms with Crippen LogP contribution in [0.15, 0.2) is 17.4 Å². The van der Waals surface area contributed by atoms with Crippen LogP contribution < -0.4 is 11.3 Å². The molecule has 1 aliphatic carbocycles. The number of aliphatic imine (C=N–C) groups is 1. The molecule has 0 spiro atoms. The van der Waals surface area contributed by atoms with Crippen LogP contribution in [0.4, 0.5) is 0 Å². The Labute approximate surface area is 102 Å². The van der Waals surface area contributed by atoms with E-state index in [9.17, 15) is 0 Å². The second-order valence-corrected chi connectivity index (χ2v) is 4.46. The summed E-state index contributed by atoms with van der Waals surface area (Å²) in [6.07, 6.45) is 9.55. The van der Waals surface area contributed by atoms with Gasteiger partial charge in [0.2, 0.25) is 0 Å². The quantitative estimate of drug-likeness (QED) is 0.350. The van der Waals surface area contributed by atoms with Crippen LogP contribution >= 0.6 is 0 Å². The van der Waals surface area contributed by atoms with Crippen molar-refractivity contribution in [3.63, 3.8) is 0 Å². The van der Waals surface area contributed by atoms with Gasteiger partial charge in [0.1, 0.15) is 5.69 Å². The fourth-order valence-corrected chi connectivity index (χ4v) is 2.08. The lowest BCUT2D eigenvalue weighted by atomic mass is 9.96. The number of hydrogen-bond donors (Lipinski definition) is 2. The lowest BCUT2D eigenvalue weighted by Crippen LogP contribution is -2.33. The zero-order valence-corrected chi connectivity index (χ0v) is 10.2. The maximum absolute atomic E-state index is 5.51. The van der Waals surface area contributed by atoms with Crippen LogP contribution in [0, 0.1) is 6.92 Å². The molecule has 5 nitrogen and oxygen atoms in total. The van der Waals surface area contributed by atoms with Crippen LogP contribution in [0.3, 0.4) is 0 Å². The van der Waals surface area contributed by atoms with E-state index < -0.39 is 0 Å². The molecule has 0 aromatic carbocycles. The second kappa shape index (κ2) is 5.72. The van der Waals surface area contributed by atoms with E-state index in [1.165, 1.54) is 19.3 Å². The summed E-state index contributed by atoms with van der Waals surface area (Å²) in [6, 6.07) is 0.373. The first kappa shape index (κ1) is 12.0. The third kappa shape index (κ3) is 3.23. The van der Waals surface area contributed by atoms with Gasteiger partial charge in [0.05, 0.1) is 17.9 Å². The van der Waals surface area contributed by atoms with Crippen LogP contribution in [0.5, 0.6) is 0 Å². The van der Waals surface area contributed by atoms with Gasteiger partial charge in [-0.3, -0.25) is 9.98 Å². The summed E-state index contributed by atoms with van der Waals surface area (Å²) in [5.74, 6) is 6.15. The molecule has 1 heterocycles. The zero-order valence-electron chi connectivity index (χ0n) is 10.2. The van der Waals surface area contributed by atoms with Crippen molar-refractivity contribution in [2.45, 2.75) is 45.1 Å². The molecule has 92 valence electrons. The van der Waals surface area contributed by atoms with E-state index in [0.717, 1.165) is 18.5 Å². The van der Waals surface area contributed by atoms with E-state index in [1.807, 2.05) is 6.92 Å². The second-order valence-electron chi connectivity index (χ2n) is 4.46. The number of hydrazine groups is 1. The smallest absolute Gasteiger partial charge is 0.163 e. The largest absolute Gasteiger partial charge is 0.307 e. The molecule has 0 aliphatic heterocycles. The van der Waals surface area contributed by atoms with Crippen LogP contribution in [0.2, 0.25) is 0 Å². The Bertz CT molecular complexity index is 378. The number of nitrogens with one attached hydrogen (secondary N) is 1. The first-order valence-corrected chi connectivity index (χ1v) is 6.13. The van der Waals surface area contributed by atoms with Crippen molar-refractivity contribution >= 4 is 5.84 Å². The molecule has 0 saturated heterocycles. The van der Waals surface area contributed by atoms with Crippen LogP contribution in [-0.4, -0.2) is 21.8 Å². The van der Waals surface area contributed by atoms with Gasteiger partial charge in [-0.15, -0.1) is 0 Å². The zero-order chi connectivity index (χ0) is 12.1. The maximum Gasteiger partial charge on any atom is 0.163 e. The Hall–Kier alpha value is -1.49. The summed E-state index contributed by atoms with van der Waals surface area (Å²) in [6.45, 7) is 1.91. The molecule has 1 saturated carbocycles. The lowest BCUT2D eigenvalue weighted by molar-refractivity contribution is 0.442. The van der Waals surface area contributed by atoms with Crippen molar-refractivity contribution in [2.75, 3.05) is 0 Å². The third-order valence-corrected chi connectivity index (χ3v) is 3.05. The van der Waals surface area contributed by atoms with Gasteiger partial charge >= 0.3 is 0 Å². The summed E-state index contributed by atoms with van der Waals surface area (Å²) in [5.41, 5.74) is 4.24. The molecule has 3 N–H and O–H groups in total. The average molecular weight is 233 g/mol. The van der Waals surface area contributed by atoms with E-state index >= 15 is 0 Å². The number of aromatic nitrogens is 2. The van der Waals surface area contributed by atoms with E-state index in [-0.39, 0.29) is 0 Å². The minimum atomic E-state index is 0.373.